The number of benzene rings is 1. The van der Waals surface area contributed by atoms with Gasteiger partial charge >= 0.3 is 0 Å². The van der Waals surface area contributed by atoms with E-state index in [0.717, 1.165) is 33.2 Å². The highest BCUT2D eigenvalue weighted by atomic mass is 35.5. The number of carbonyl (C=O) groups excluding carboxylic acids is 1. The summed E-state index contributed by atoms with van der Waals surface area (Å²) in [5.74, 6) is 1.40. The summed E-state index contributed by atoms with van der Waals surface area (Å²) in [5.41, 5.74) is 3.52. The van der Waals surface area contributed by atoms with Gasteiger partial charge in [-0.25, -0.2) is 0 Å². The van der Waals surface area contributed by atoms with Gasteiger partial charge < -0.3 is 4.79 Å². The number of hydrogen-bond acceptors (Lipinski definition) is 5. The lowest BCUT2D eigenvalue weighted by atomic mass is 9.95. The number of rotatable bonds is 3. The van der Waals surface area contributed by atoms with E-state index in [-0.39, 0.29) is 6.42 Å². The minimum Gasteiger partial charge on any atom is -0.313 e. The van der Waals surface area contributed by atoms with Gasteiger partial charge in [0.2, 0.25) is 0 Å². The fraction of sp³-hybridized carbons (Fsp3) is 0.263. The van der Waals surface area contributed by atoms with Crippen molar-refractivity contribution in [2.75, 3.05) is 0 Å². The molecule has 4 rings (SSSR count). The zero-order valence-electron chi connectivity index (χ0n) is 15.2. The van der Waals surface area contributed by atoms with Crippen LogP contribution in [0.3, 0.4) is 0 Å². The van der Waals surface area contributed by atoms with Crippen LogP contribution in [0.1, 0.15) is 45.7 Å². The van der Waals surface area contributed by atoms with Crippen LogP contribution in [0, 0.1) is 20.8 Å². The van der Waals surface area contributed by atoms with Gasteiger partial charge in [-0.3, -0.25) is 9.56 Å². The zero-order valence-corrected chi connectivity index (χ0v) is 16.7. The van der Waals surface area contributed by atoms with Gasteiger partial charge in [0.05, 0.1) is 11.4 Å². The maximum atomic E-state index is 11.7. The second-order valence-corrected chi connectivity index (χ2v) is 8.21. The van der Waals surface area contributed by atoms with Crippen LogP contribution in [0.25, 0.3) is 5.00 Å². The number of nitrogens with zero attached hydrogens (tertiary/aromatic N) is 4. The lowest BCUT2D eigenvalue weighted by Crippen LogP contribution is -2.11. The Morgan fingerprint density at radius 1 is 1.22 bits per heavy atom. The average Bonchev–Trinajstić information content (AvgIpc) is 3.08. The molecular formula is C19H16BClN4OS. The van der Waals surface area contributed by atoms with Crippen molar-refractivity contribution >= 4 is 42.2 Å². The maximum absolute atomic E-state index is 11.7. The lowest BCUT2D eigenvalue weighted by Gasteiger charge is -2.11. The van der Waals surface area contributed by atoms with Gasteiger partial charge in [0.25, 0.3) is 0 Å². The summed E-state index contributed by atoms with van der Waals surface area (Å²) in [6.45, 7) is 6.08. The molecule has 0 aliphatic carbocycles. The molecule has 0 spiro atoms. The molecule has 1 aliphatic rings. The highest BCUT2D eigenvalue weighted by molar-refractivity contribution is 7.15. The number of aliphatic imine (C=N–C) groups is 1. The molecule has 0 saturated heterocycles. The molecule has 0 saturated carbocycles. The van der Waals surface area contributed by atoms with Crippen LogP contribution < -0.4 is 0 Å². The van der Waals surface area contributed by atoms with Crippen LogP contribution in [0.5, 0.6) is 0 Å². The Bertz CT molecular complexity index is 1080. The lowest BCUT2D eigenvalue weighted by molar-refractivity contribution is -0.112. The van der Waals surface area contributed by atoms with E-state index in [1.54, 1.807) is 11.3 Å². The predicted octanol–water partition coefficient (Wildman–Crippen LogP) is 3.88. The number of halogens is 1. The molecule has 1 atom stereocenters. The predicted molar refractivity (Wildman–Crippen MR) is 109 cm³/mol. The number of aromatic nitrogens is 3. The van der Waals surface area contributed by atoms with E-state index in [1.165, 1.54) is 4.88 Å². The van der Waals surface area contributed by atoms with Crippen molar-refractivity contribution in [3.05, 3.63) is 62.5 Å². The minimum atomic E-state index is -0.492. The van der Waals surface area contributed by atoms with Crippen molar-refractivity contribution in [3.8, 4) is 5.00 Å². The summed E-state index contributed by atoms with van der Waals surface area (Å²) >= 11 is 7.74. The quantitative estimate of drug-likeness (QED) is 0.633. The topological polar surface area (TPSA) is 60.1 Å². The summed E-state index contributed by atoms with van der Waals surface area (Å²) in [5, 5.41) is 10.2. The molecule has 3 aromatic rings. The first-order valence-electron chi connectivity index (χ1n) is 8.51. The Labute approximate surface area is 167 Å². The number of fused-ring (bicyclic) bond motifs is 3. The summed E-state index contributed by atoms with van der Waals surface area (Å²) in [6.07, 6.45) is 0.0716. The first-order chi connectivity index (χ1) is 12.9. The summed E-state index contributed by atoms with van der Waals surface area (Å²) in [7, 11) is 5.50. The molecule has 0 N–H and O–H groups in total. The molecule has 0 fully saturated rings. The second-order valence-electron chi connectivity index (χ2n) is 6.58. The highest BCUT2D eigenvalue weighted by Crippen LogP contribution is 2.39. The molecule has 134 valence electrons. The van der Waals surface area contributed by atoms with Gasteiger partial charge in [-0.2, -0.15) is 0 Å². The molecule has 0 amide bonds. The molecular weight excluding hydrogens is 379 g/mol. The van der Waals surface area contributed by atoms with Crippen molar-refractivity contribution in [3.63, 3.8) is 0 Å². The minimum absolute atomic E-state index is 0.0716. The number of aryl methyl sites for hydroxylation is 2. The van der Waals surface area contributed by atoms with Gasteiger partial charge in [0.15, 0.2) is 13.7 Å². The van der Waals surface area contributed by atoms with Crippen molar-refractivity contribution in [2.24, 2.45) is 4.99 Å². The van der Waals surface area contributed by atoms with Crippen molar-refractivity contribution in [1.29, 1.82) is 0 Å². The standard InChI is InChI=1S/C19H16BClN4OS/c1-9-10(2)27-19-16(9)17(12-4-6-13(21)7-5-12)22-14(8-15(20)26)18-24-23-11(3)25(18)19/h4-7,14H,8H2,1-3H3/t14-/m0/s1. The molecule has 0 unspecified atom stereocenters. The van der Waals surface area contributed by atoms with Crippen LogP contribution >= 0.6 is 22.9 Å². The van der Waals surface area contributed by atoms with E-state index in [2.05, 4.69) is 24.0 Å². The molecule has 5 nitrogen and oxygen atoms in total. The SMILES string of the molecule is [B]C(=O)C[C@@H]1N=C(c2ccc(Cl)cc2)c2c(sc(C)c2C)-n2c(C)nnc21. The Morgan fingerprint density at radius 3 is 2.59 bits per heavy atom. The van der Waals surface area contributed by atoms with E-state index >= 15 is 0 Å². The second kappa shape index (κ2) is 6.73. The van der Waals surface area contributed by atoms with Crippen LogP contribution in [0.2, 0.25) is 5.02 Å². The molecule has 2 aromatic heterocycles. The summed E-state index contributed by atoms with van der Waals surface area (Å²) < 4.78 is 2.00. The van der Waals surface area contributed by atoms with Crippen LogP contribution in [-0.2, 0) is 4.79 Å². The van der Waals surface area contributed by atoms with Gasteiger partial charge in [0, 0.05) is 27.4 Å². The average molecular weight is 395 g/mol. The van der Waals surface area contributed by atoms with E-state index < -0.39 is 11.7 Å². The monoisotopic (exact) mass is 394 g/mol. The van der Waals surface area contributed by atoms with E-state index in [0.29, 0.717) is 10.8 Å². The zero-order chi connectivity index (χ0) is 19.3. The van der Waals surface area contributed by atoms with E-state index in [4.69, 9.17) is 24.4 Å². The number of thiophene rings is 1. The van der Waals surface area contributed by atoms with Gasteiger partial charge in [-0.15, -0.1) is 21.5 Å². The van der Waals surface area contributed by atoms with Crippen molar-refractivity contribution in [2.45, 2.75) is 33.2 Å². The molecule has 2 radical (unpaired) electrons. The van der Waals surface area contributed by atoms with Crippen LogP contribution in [-0.4, -0.2) is 34.0 Å². The fourth-order valence-corrected chi connectivity index (χ4v) is 4.66. The first kappa shape index (κ1) is 18.1. The third-order valence-electron chi connectivity index (χ3n) is 4.75. The molecule has 27 heavy (non-hydrogen) atoms. The van der Waals surface area contributed by atoms with Crippen LogP contribution in [0.4, 0.5) is 0 Å². The van der Waals surface area contributed by atoms with Crippen LogP contribution in [0.15, 0.2) is 29.3 Å². The molecule has 3 heterocycles. The first-order valence-corrected chi connectivity index (χ1v) is 9.71. The van der Waals surface area contributed by atoms with Crippen molar-refractivity contribution < 1.29 is 4.79 Å². The largest absolute Gasteiger partial charge is 0.313 e. The molecule has 1 aliphatic heterocycles. The van der Waals surface area contributed by atoms with E-state index in [9.17, 15) is 4.79 Å². The van der Waals surface area contributed by atoms with E-state index in [1.807, 2.05) is 35.8 Å². The Balaban J connectivity index is 2.04. The number of hydrogen-bond donors (Lipinski definition) is 0. The highest BCUT2D eigenvalue weighted by Gasteiger charge is 2.31. The molecule has 8 heteroatoms. The summed E-state index contributed by atoms with van der Waals surface area (Å²) in [6, 6.07) is 7.07. The Morgan fingerprint density at radius 2 is 1.93 bits per heavy atom. The number of carbonyl (C=O) groups is 1. The third-order valence-corrected chi connectivity index (χ3v) is 6.20. The van der Waals surface area contributed by atoms with Gasteiger partial charge in [0.1, 0.15) is 16.9 Å². The third kappa shape index (κ3) is 3.05. The van der Waals surface area contributed by atoms with Gasteiger partial charge in [-0.05, 0) is 38.5 Å². The Kier molecular flexibility index (Phi) is 4.52. The van der Waals surface area contributed by atoms with Crippen molar-refractivity contribution in [1.82, 2.24) is 14.8 Å². The molecule has 1 aromatic carbocycles. The maximum Gasteiger partial charge on any atom is 0.167 e. The molecule has 0 bridgehead atoms. The fourth-order valence-electron chi connectivity index (χ4n) is 3.32. The summed E-state index contributed by atoms with van der Waals surface area (Å²) in [4.78, 5) is 17.8. The normalized spacial score (nSPS) is 15.7. The van der Waals surface area contributed by atoms with Gasteiger partial charge in [-0.1, -0.05) is 23.7 Å². The smallest absolute Gasteiger partial charge is 0.167 e. The Hall–Kier alpha value is -2.25.